The topological polar surface area (TPSA) is 24.9 Å². The molecule has 0 spiro atoms. The first kappa shape index (κ1) is 14.1. The third-order valence-electron chi connectivity index (χ3n) is 2.90. The van der Waals surface area contributed by atoms with E-state index in [2.05, 4.69) is 24.1 Å². The van der Waals surface area contributed by atoms with E-state index in [-0.39, 0.29) is 5.82 Å². The van der Waals surface area contributed by atoms with Gasteiger partial charge in [0.1, 0.15) is 11.3 Å². The Kier molecular flexibility index (Phi) is 4.25. The predicted octanol–water partition coefficient (Wildman–Crippen LogP) is 4.66. The first-order valence-electron chi connectivity index (χ1n) is 6.54. The highest BCUT2D eigenvalue weighted by molar-refractivity contribution is 6.36. The first-order chi connectivity index (χ1) is 9.02. The van der Waals surface area contributed by atoms with Gasteiger partial charge < -0.3 is 5.32 Å². The minimum atomic E-state index is -0.329. The second-order valence-corrected chi connectivity index (χ2v) is 5.45. The first-order valence-corrected chi connectivity index (χ1v) is 6.92. The van der Waals surface area contributed by atoms with Crippen LogP contribution in [-0.4, -0.2) is 11.5 Å². The molecule has 0 aliphatic heterocycles. The van der Waals surface area contributed by atoms with Gasteiger partial charge in [0.2, 0.25) is 0 Å². The van der Waals surface area contributed by atoms with Crippen LogP contribution in [0.25, 0.3) is 10.9 Å². The molecule has 1 aromatic carbocycles. The summed E-state index contributed by atoms with van der Waals surface area (Å²) < 4.78 is 14.0. The van der Waals surface area contributed by atoms with Crippen molar-refractivity contribution >= 4 is 28.2 Å². The van der Waals surface area contributed by atoms with Crippen molar-refractivity contribution in [3.05, 3.63) is 34.7 Å². The highest BCUT2D eigenvalue weighted by atomic mass is 35.5. The summed E-state index contributed by atoms with van der Waals surface area (Å²) in [5.74, 6) is 0.144. The Morgan fingerprint density at radius 3 is 2.74 bits per heavy atom. The molecule has 4 heteroatoms. The molecule has 0 radical (unpaired) electrons. The average Bonchev–Trinajstić information content (AvgIpc) is 2.33. The molecule has 102 valence electrons. The van der Waals surface area contributed by atoms with Crippen LogP contribution in [0.2, 0.25) is 5.02 Å². The van der Waals surface area contributed by atoms with Crippen molar-refractivity contribution in [1.29, 1.82) is 0 Å². The molecule has 1 N–H and O–H groups in total. The molecule has 1 heterocycles. The van der Waals surface area contributed by atoms with Crippen LogP contribution in [0.5, 0.6) is 0 Å². The minimum Gasteiger partial charge on any atom is -0.385 e. The fraction of sp³-hybridized carbons (Fsp3) is 0.400. The van der Waals surface area contributed by atoms with E-state index in [1.165, 1.54) is 6.07 Å². The van der Waals surface area contributed by atoms with Crippen LogP contribution in [0.4, 0.5) is 10.1 Å². The van der Waals surface area contributed by atoms with Gasteiger partial charge in [0, 0.05) is 23.3 Å². The van der Waals surface area contributed by atoms with Crippen LogP contribution < -0.4 is 5.32 Å². The molecule has 0 aliphatic carbocycles. The van der Waals surface area contributed by atoms with Crippen LogP contribution in [0.1, 0.15) is 26.5 Å². The number of fused-ring (bicyclic) bond motifs is 1. The van der Waals surface area contributed by atoms with Gasteiger partial charge in [-0.15, -0.1) is 0 Å². The zero-order valence-electron chi connectivity index (χ0n) is 11.4. The maximum Gasteiger partial charge on any atom is 0.149 e. The van der Waals surface area contributed by atoms with Gasteiger partial charge in [-0.05, 0) is 37.5 Å². The molecular formula is C15H18ClFN2. The summed E-state index contributed by atoms with van der Waals surface area (Å²) in [5, 5.41) is 4.43. The van der Waals surface area contributed by atoms with Crippen molar-refractivity contribution in [2.45, 2.75) is 27.2 Å². The standard InChI is InChI=1S/C15H18ClFN2/c1-4-18-13-8-10(7-9(2)3)19-15-12(17)6-5-11(16)14(13)15/h5-6,8-9H,4,7H2,1-3H3,(H,18,19). The number of anilines is 1. The Morgan fingerprint density at radius 1 is 1.37 bits per heavy atom. The van der Waals surface area contributed by atoms with Crippen molar-refractivity contribution in [1.82, 2.24) is 4.98 Å². The van der Waals surface area contributed by atoms with Gasteiger partial charge in [0.05, 0.1) is 5.02 Å². The van der Waals surface area contributed by atoms with Crippen LogP contribution in [0.3, 0.4) is 0 Å². The van der Waals surface area contributed by atoms with Gasteiger partial charge in [-0.25, -0.2) is 9.37 Å². The molecule has 2 rings (SSSR count). The number of halogens is 2. The summed E-state index contributed by atoms with van der Waals surface area (Å²) in [6.07, 6.45) is 0.820. The molecule has 19 heavy (non-hydrogen) atoms. The van der Waals surface area contributed by atoms with E-state index in [0.29, 0.717) is 21.8 Å². The fourth-order valence-electron chi connectivity index (χ4n) is 2.17. The normalized spacial score (nSPS) is 11.3. The van der Waals surface area contributed by atoms with E-state index in [4.69, 9.17) is 11.6 Å². The van der Waals surface area contributed by atoms with Crippen molar-refractivity contribution in [2.24, 2.45) is 5.92 Å². The SMILES string of the molecule is CCNc1cc(CC(C)C)nc2c(F)ccc(Cl)c12. The zero-order chi connectivity index (χ0) is 14.0. The Morgan fingerprint density at radius 2 is 2.11 bits per heavy atom. The maximum atomic E-state index is 14.0. The predicted molar refractivity (Wildman–Crippen MR) is 79.4 cm³/mol. The zero-order valence-corrected chi connectivity index (χ0v) is 12.2. The van der Waals surface area contributed by atoms with Crippen molar-refractivity contribution < 1.29 is 4.39 Å². The number of nitrogens with one attached hydrogen (secondary N) is 1. The van der Waals surface area contributed by atoms with Crippen molar-refractivity contribution in [3.63, 3.8) is 0 Å². The Labute approximate surface area is 118 Å². The minimum absolute atomic E-state index is 0.329. The second-order valence-electron chi connectivity index (χ2n) is 5.04. The molecule has 2 nitrogen and oxygen atoms in total. The van der Waals surface area contributed by atoms with Crippen molar-refractivity contribution in [3.8, 4) is 0 Å². The highest BCUT2D eigenvalue weighted by Crippen LogP contribution is 2.32. The number of aromatic nitrogens is 1. The Bertz CT molecular complexity index is 596. The van der Waals surface area contributed by atoms with E-state index in [1.807, 2.05) is 13.0 Å². The summed E-state index contributed by atoms with van der Waals surface area (Å²) in [6.45, 7) is 6.99. The van der Waals surface area contributed by atoms with E-state index in [9.17, 15) is 4.39 Å². The van der Waals surface area contributed by atoms with E-state index < -0.39 is 0 Å². The van der Waals surface area contributed by atoms with Gasteiger partial charge in [-0.1, -0.05) is 25.4 Å². The molecule has 0 atom stereocenters. The largest absolute Gasteiger partial charge is 0.385 e. The second kappa shape index (κ2) is 5.74. The lowest BCUT2D eigenvalue weighted by Crippen LogP contribution is -2.04. The van der Waals surface area contributed by atoms with E-state index in [1.54, 1.807) is 6.07 Å². The Balaban J connectivity index is 2.68. The van der Waals surface area contributed by atoms with Gasteiger partial charge >= 0.3 is 0 Å². The lowest BCUT2D eigenvalue weighted by Gasteiger charge is -2.13. The molecule has 0 aliphatic rings. The average molecular weight is 281 g/mol. The van der Waals surface area contributed by atoms with Crippen LogP contribution >= 0.6 is 11.6 Å². The lowest BCUT2D eigenvalue weighted by atomic mass is 10.1. The lowest BCUT2D eigenvalue weighted by molar-refractivity contribution is 0.625. The molecule has 0 saturated carbocycles. The molecule has 0 amide bonds. The third-order valence-corrected chi connectivity index (χ3v) is 3.21. The number of benzene rings is 1. The van der Waals surface area contributed by atoms with Gasteiger partial charge in [0.25, 0.3) is 0 Å². The molecule has 2 aromatic rings. The molecular weight excluding hydrogens is 263 g/mol. The smallest absolute Gasteiger partial charge is 0.149 e. The third kappa shape index (κ3) is 2.98. The number of hydrogen-bond donors (Lipinski definition) is 1. The van der Waals surface area contributed by atoms with Crippen LogP contribution in [0.15, 0.2) is 18.2 Å². The van der Waals surface area contributed by atoms with Crippen LogP contribution in [-0.2, 0) is 6.42 Å². The Hall–Kier alpha value is -1.35. The number of nitrogens with zero attached hydrogens (tertiary/aromatic N) is 1. The fourth-order valence-corrected chi connectivity index (χ4v) is 2.43. The van der Waals surface area contributed by atoms with Gasteiger partial charge in [0.15, 0.2) is 0 Å². The number of rotatable bonds is 4. The summed E-state index contributed by atoms with van der Waals surface area (Å²) in [6, 6.07) is 4.91. The van der Waals surface area contributed by atoms with Gasteiger partial charge in [-0.3, -0.25) is 0 Å². The maximum absolute atomic E-state index is 14.0. The monoisotopic (exact) mass is 280 g/mol. The molecule has 0 bridgehead atoms. The summed E-state index contributed by atoms with van der Waals surface area (Å²) in [4.78, 5) is 4.42. The quantitative estimate of drug-likeness (QED) is 0.881. The summed E-state index contributed by atoms with van der Waals surface area (Å²) >= 11 is 6.18. The highest BCUT2D eigenvalue weighted by Gasteiger charge is 2.13. The number of hydrogen-bond acceptors (Lipinski definition) is 2. The van der Waals surface area contributed by atoms with Crippen molar-refractivity contribution in [2.75, 3.05) is 11.9 Å². The molecule has 1 aromatic heterocycles. The molecule has 0 saturated heterocycles. The van der Waals surface area contributed by atoms with E-state index >= 15 is 0 Å². The van der Waals surface area contributed by atoms with E-state index in [0.717, 1.165) is 24.3 Å². The summed E-state index contributed by atoms with van der Waals surface area (Å²) in [5.41, 5.74) is 2.09. The van der Waals surface area contributed by atoms with Crippen LogP contribution in [0, 0.1) is 11.7 Å². The molecule has 0 fully saturated rings. The van der Waals surface area contributed by atoms with Gasteiger partial charge in [-0.2, -0.15) is 0 Å². The summed E-state index contributed by atoms with van der Waals surface area (Å²) in [7, 11) is 0. The molecule has 0 unspecified atom stereocenters. The number of pyridine rings is 1.